The zero-order valence-electron chi connectivity index (χ0n) is 10.9. The third kappa shape index (κ3) is 2.78. The van der Waals surface area contributed by atoms with E-state index >= 15 is 0 Å². The molecule has 98 valence electrons. The molecule has 1 aliphatic heterocycles. The summed E-state index contributed by atoms with van der Waals surface area (Å²) in [5, 5.41) is 0. The van der Waals surface area contributed by atoms with E-state index in [1.165, 1.54) is 17.0 Å². The first-order valence-corrected chi connectivity index (χ1v) is 6.42. The minimum atomic E-state index is -0.152. The van der Waals surface area contributed by atoms with E-state index in [4.69, 9.17) is 0 Å². The SMILES string of the molecule is CC(C)c1cc(=O)n(CC(=O)N2CCCC2)cn1. The van der Waals surface area contributed by atoms with Crippen molar-refractivity contribution in [3.8, 4) is 0 Å². The van der Waals surface area contributed by atoms with Crippen molar-refractivity contribution in [2.24, 2.45) is 0 Å². The largest absolute Gasteiger partial charge is 0.341 e. The first-order valence-electron chi connectivity index (χ1n) is 6.42. The number of nitrogens with zero attached hydrogens (tertiary/aromatic N) is 3. The minimum Gasteiger partial charge on any atom is -0.341 e. The van der Waals surface area contributed by atoms with Gasteiger partial charge in [-0.3, -0.25) is 14.2 Å². The average Bonchev–Trinajstić information content (AvgIpc) is 2.85. The van der Waals surface area contributed by atoms with E-state index in [-0.39, 0.29) is 23.9 Å². The van der Waals surface area contributed by atoms with Gasteiger partial charge in [-0.2, -0.15) is 0 Å². The molecule has 1 aromatic heterocycles. The Bertz CT molecular complexity index is 487. The molecule has 18 heavy (non-hydrogen) atoms. The Kier molecular flexibility index (Phi) is 3.79. The Morgan fingerprint density at radius 2 is 2.06 bits per heavy atom. The summed E-state index contributed by atoms with van der Waals surface area (Å²) < 4.78 is 1.38. The molecule has 5 heteroatoms. The highest BCUT2D eigenvalue weighted by molar-refractivity contribution is 5.76. The van der Waals surface area contributed by atoms with Crippen LogP contribution in [0.15, 0.2) is 17.2 Å². The zero-order chi connectivity index (χ0) is 13.1. The van der Waals surface area contributed by atoms with Crippen molar-refractivity contribution in [3.05, 3.63) is 28.4 Å². The maximum Gasteiger partial charge on any atom is 0.254 e. The zero-order valence-corrected chi connectivity index (χ0v) is 10.9. The van der Waals surface area contributed by atoms with Gasteiger partial charge in [0, 0.05) is 19.2 Å². The van der Waals surface area contributed by atoms with Crippen molar-refractivity contribution >= 4 is 5.91 Å². The first-order chi connectivity index (χ1) is 8.58. The van der Waals surface area contributed by atoms with Crippen molar-refractivity contribution in [1.82, 2.24) is 14.5 Å². The fraction of sp³-hybridized carbons (Fsp3) is 0.615. The molecular formula is C13H19N3O2. The molecule has 0 N–H and O–H groups in total. The summed E-state index contributed by atoms with van der Waals surface area (Å²) in [6.45, 7) is 5.70. The van der Waals surface area contributed by atoms with Crippen LogP contribution in [-0.2, 0) is 11.3 Å². The first kappa shape index (κ1) is 12.8. The standard InChI is InChI=1S/C13H19N3O2/c1-10(2)11-7-12(17)16(9-14-11)8-13(18)15-5-3-4-6-15/h7,9-10H,3-6,8H2,1-2H3. The number of carbonyl (C=O) groups is 1. The van der Waals surface area contributed by atoms with Gasteiger partial charge in [0.15, 0.2) is 0 Å². The highest BCUT2D eigenvalue weighted by Gasteiger charge is 2.18. The number of hydrogen-bond acceptors (Lipinski definition) is 3. The van der Waals surface area contributed by atoms with Gasteiger partial charge in [-0.1, -0.05) is 13.8 Å². The molecule has 1 aromatic rings. The van der Waals surface area contributed by atoms with Crippen LogP contribution in [0.4, 0.5) is 0 Å². The summed E-state index contributed by atoms with van der Waals surface area (Å²) in [6.07, 6.45) is 3.60. The lowest BCUT2D eigenvalue weighted by atomic mass is 10.1. The van der Waals surface area contributed by atoms with Gasteiger partial charge in [0.25, 0.3) is 5.56 Å². The molecule has 0 bridgehead atoms. The molecule has 1 aliphatic rings. The van der Waals surface area contributed by atoms with Gasteiger partial charge < -0.3 is 4.90 Å². The van der Waals surface area contributed by atoms with Gasteiger partial charge in [-0.15, -0.1) is 0 Å². The maximum atomic E-state index is 11.9. The monoisotopic (exact) mass is 249 g/mol. The highest BCUT2D eigenvalue weighted by Crippen LogP contribution is 2.09. The second-order valence-electron chi connectivity index (χ2n) is 5.02. The van der Waals surface area contributed by atoms with Gasteiger partial charge in [0.1, 0.15) is 6.54 Å². The molecule has 0 aromatic carbocycles. The molecule has 5 nitrogen and oxygen atoms in total. The second kappa shape index (κ2) is 5.33. The van der Waals surface area contributed by atoms with Gasteiger partial charge in [0.2, 0.25) is 5.91 Å². The van der Waals surface area contributed by atoms with Gasteiger partial charge in [-0.25, -0.2) is 4.98 Å². The highest BCUT2D eigenvalue weighted by atomic mass is 16.2. The van der Waals surface area contributed by atoms with Crippen LogP contribution >= 0.6 is 0 Å². The van der Waals surface area contributed by atoms with E-state index in [0.29, 0.717) is 0 Å². The van der Waals surface area contributed by atoms with Crippen LogP contribution < -0.4 is 5.56 Å². The van der Waals surface area contributed by atoms with Crippen LogP contribution in [0.3, 0.4) is 0 Å². The molecular weight excluding hydrogens is 230 g/mol. The van der Waals surface area contributed by atoms with Crippen molar-refractivity contribution in [3.63, 3.8) is 0 Å². The third-order valence-corrected chi connectivity index (χ3v) is 3.26. The van der Waals surface area contributed by atoms with Crippen LogP contribution in [-0.4, -0.2) is 33.4 Å². The predicted molar refractivity (Wildman–Crippen MR) is 68.4 cm³/mol. The van der Waals surface area contributed by atoms with Crippen molar-refractivity contribution in [2.45, 2.75) is 39.2 Å². The molecule has 2 rings (SSSR count). The van der Waals surface area contributed by atoms with Gasteiger partial charge in [-0.05, 0) is 18.8 Å². The van der Waals surface area contributed by atoms with E-state index in [1.54, 1.807) is 0 Å². The molecule has 0 saturated carbocycles. The lowest BCUT2D eigenvalue weighted by Gasteiger charge is -2.16. The third-order valence-electron chi connectivity index (χ3n) is 3.26. The van der Waals surface area contributed by atoms with E-state index in [0.717, 1.165) is 31.6 Å². The topological polar surface area (TPSA) is 55.2 Å². The summed E-state index contributed by atoms with van der Waals surface area (Å²) in [6, 6.07) is 1.52. The summed E-state index contributed by atoms with van der Waals surface area (Å²) in [5.41, 5.74) is 0.617. The van der Waals surface area contributed by atoms with Crippen LogP contribution in [0, 0.1) is 0 Å². The van der Waals surface area contributed by atoms with Crippen molar-refractivity contribution < 1.29 is 4.79 Å². The van der Waals surface area contributed by atoms with E-state index in [9.17, 15) is 9.59 Å². The summed E-state index contributed by atoms with van der Waals surface area (Å²) in [5.74, 6) is 0.232. The molecule has 0 unspecified atom stereocenters. The van der Waals surface area contributed by atoms with E-state index in [1.807, 2.05) is 18.7 Å². The lowest BCUT2D eigenvalue weighted by molar-refractivity contribution is -0.130. The maximum absolute atomic E-state index is 11.9. The summed E-state index contributed by atoms with van der Waals surface area (Å²) in [4.78, 5) is 29.8. The Morgan fingerprint density at radius 1 is 1.39 bits per heavy atom. The number of carbonyl (C=O) groups excluding carboxylic acids is 1. The van der Waals surface area contributed by atoms with Crippen LogP contribution in [0.25, 0.3) is 0 Å². The Hall–Kier alpha value is -1.65. The average molecular weight is 249 g/mol. The molecule has 1 fully saturated rings. The molecule has 0 radical (unpaired) electrons. The molecule has 1 saturated heterocycles. The normalized spacial score (nSPS) is 15.4. The Labute approximate surface area is 106 Å². The van der Waals surface area contributed by atoms with Crippen molar-refractivity contribution in [2.75, 3.05) is 13.1 Å². The lowest BCUT2D eigenvalue weighted by Crippen LogP contribution is -2.34. The smallest absolute Gasteiger partial charge is 0.254 e. The molecule has 2 heterocycles. The van der Waals surface area contributed by atoms with Crippen LogP contribution in [0.1, 0.15) is 38.3 Å². The molecule has 0 spiro atoms. The molecule has 0 atom stereocenters. The van der Waals surface area contributed by atoms with Crippen LogP contribution in [0.2, 0.25) is 0 Å². The fourth-order valence-corrected chi connectivity index (χ4v) is 2.09. The summed E-state index contributed by atoms with van der Waals surface area (Å²) >= 11 is 0. The quantitative estimate of drug-likeness (QED) is 0.802. The van der Waals surface area contributed by atoms with Gasteiger partial charge >= 0.3 is 0 Å². The number of amides is 1. The fourth-order valence-electron chi connectivity index (χ4n) is 2.09. The Balaban J connectivity index is 2.09. The van der Waals surface area contributed by atoms with Crippen LogP contribution in [0.5, 0.6) is 0 Å². The number of rotatable bonds is 3. The van der Waals surface area contributed by atoms with Crippen molar-refractivity contribution in [1.29, 1.82) is 0 Å². The van der Waals surface area contributed by atoms with Gasteiger partial charge in [0.05, 0.1) is 12.0 Å². The van der Waals surface area contributed by atoms with E-state index in [2.05, 4.69) is 4.98 Å². The Morgan fingerprint density at radius 3 is 2.61 bits per heavy atom. The number of hydrogen-bond donors (Lipinski definition) is 0. The second-order valence-corrected chi connectivity index (χ2v) is 5.02. The number of aromatic nitrogens is 2. The molecule has 0 aliphatic carbocycles. The summed E-state index contributed by atoms with van der Waals surface area (Å²) in [7, 11) is 0. The predicted octanol–water partition coefficient (Wildman–Crippen LogP) is 0.989. The molecule has 1 amide bonds. The number of likely N-dealkylation sites (tertiary alicyclic amines) is 1. The minimum absolute atomic E-state index is 0.00805. The van der Waals surface area contributed by atoms with E-state index < -0.39 is 0 Å².